The molecular weight excluding hydrogens is 334 g/mol. The third-order valence-corrected chi connectivity index (χ3v) is 5.22. The van der Waals surface area contributed by atoms with Crippen molar-refractivity contribution in [2.24, 2.45) is 0 Å². The second-order valence-corrected chi connectivity index (χ2v) is 6.84. The number of ether oxygens (including phenoxy) is 1. The first kappa shape index (κ1) is 17.3. The third-order valence-electron chi connectivity index (χ3n) is 5.22. The highest BCUT2D eigenvalue weighted by molar-refractivity contribution is 5.70. The number of carbonyl (C=O) groups excluding carboxylic acids is 1. The number of amides is 1. The minimum atomic E-state index is -0.219. The van der Waals surface area contributed by atoms with Gasteiger partial charge in [0.1, 0.15) is 6.61 Å². The minimum Gasteiger partial charge on any atom is -0.448 e. The lowest BCUT2D eigenvalue weighted by Gasteiger charge is -2.30. The summed E-state index contributed by atoms with van der Waals surface area (Å²) in [5.74, 6) is 0.200. The van der Waals surface area contributed by atoms with Gasteiger partial charge in [0.25, 0.3) is 0 Å². The molecule has 3 nitrogen and oxygen atoms in total. The maximum Gasteiger partial charge on any atom is 0.410 e. The second kappa shape index (κ2) is 8.09. The Morgan fingerprint density at radius 2 is 1.22 bits per heavy atom. The van der Waals surface area contributed by atoms with Gasteiger partial charge in [-0.3, -0.25) is 4.90 Å². The van der Waals surface area contributed by atoms with Gasteiger partial charge in [0, 0.05) is 5.92 Å². The highest BCUT2D eigenvalue weighted by Gasteiger charge is 2.33. The lowest BCUT2D eigenvalue weighted by molar-refractivity contribution is 0.145. The van der Waals surface area contributed by atoms with Gasteiger partial charge in [0.2, 0.25) is 0 Å². The van der Waals surface area contributed by atoms with Crippen molar-refractivity contribution in [2.45, 2.75) is 18.4 Å². The van der Waals surface area contributed by atoms with Crippen molar-refractivity contribution in [1.29, 1.82) is 0 Å². The van der Waals surface area contributed by atoms with Crippen LogP contribution in [0.3, 0.4) is 0 Å². The van der Waals surface area contributed by atoms with Gasteiger partial charge in [0.15, 0.2) is 0 Å². The molecular formula is C24H23NO2. The molecule has 0 N–H and O–H groups in total. The Bertz CT molecular complexity index is 825. The van der Waals surface area contributed by atoms with E-state index in [0.29, 0.717) is 13.2 Å². The van der Waals surface area contributed by atoms with E-state index in [1.807, 2.05) is 35.2 Å². The van der Waals surface area contributed by atoms with Crippen LogP contribution < -0.4 is 0 Å². The summed E-state index contributed by atoms with van der Waals surface area (Å²) in [4.78, 5) is 14.2. The van der Waals surface area contributed by atoms with Crippen LogP contribution in [0, 0.1) is 0 Å². The van der Waals surface area contributed by atoms with Crippen molar-refractivity contribution in [3.8, 4) is 0 Å². The number of cyclic esters (lactones) is 1. The van der Waals surface area contributed by atoms with Gasteiger partial charge in [-0.1, -0.05) is 91.0 Å². The molecule has 1 atom stereocenters. The molecule has 1 saturated heterocycles. The Kier molecular flexibility index (Phi) is 5.20. The standard InChI is InChI=1S/C24H23NO2/c26-24-25(16-17-27-24)23(21-14-8-3-9-15-21)18-22(19-10-4-1-5-11-19)20-12-6-2-7-13-20/h1-15,22-23H,16-18H2/t23-/m0/s1. The monoisotopic (exact) mass is 357 g/mol. The zero-order valence-corrected chi connectivity index (χ0v) is 15.2. The highest BCUT2D eigenvalue weighted by atomic mass is 16.6. The minimum absolute atomic E-state index is 0.0217. The quantitative estimate of drug-likeness (QED) is 0.591. The number of nitrogens with zero attached hydrogens (tertiary/aromatic N) is 1. The van der Waals surface area contributed by atoms with Crippen molar-refractivity contribution in [1.82, 2.24) is 4.90 Å². The van der Waals surface area contributed by atoms with E-state index in [1.54, 1.807) is 0 Å². The van der Waals surface area contributed by atoms with Gasteiger partial charge >= 0.3 is 6.09 Å². The molecule has 0 unspecified atom stereocenters. The molecule has 3 aromatic carbocycles. The Morgan fingerprint density at radius 1 is 0.741 bits per heavy atom. The average Bonchev–Trinajstić information content (AvgIpc) is 3.16. The lowest BCUT2D eigenvalue weighted by Crippen LogP contribution is -2.31. The molecule has 0 aromatic heterocycles. The fourth-order valence-corrected chi connectivity index (χ4v) is 3.87. The Labute approximate surface area is 160 Å². The van der Waals surface area contributed by atoms with Crippen LogP contribution in [-0.4, -0.2) is 24.1 Å². The predicted molar refractivity (Wildman–Crippen MR) is 107 cm³/mol. The Balaban J connectivity index is 1.73. The van der Waals surface area contributed by atoms with E-state index in [-0.39, 0.29) is 18.1 Å². The molecule has 27 heavy (non-hydrogen) atoms. The van der Waals surface area contributed by atoms with E-state index in [2.05, 4.69) is 60.7 Å². The van der Waals surface area contributed by atoms with Crippen molar-refractivity contribution >= 4 is 6.09 Å². The molecule has 0 radical (unpaired) electrons. The van der Waals surface area contributed by atoms with E-state index < -0.39 is 0 Å². The molecule has 4 rings (SSSR count). The molecule has 0 bridgehead atoms. The molecule has 0 saturated carbocycles. The van der Waals surface area contributed by atoms with Gasteiger partial charge in [-0.05, 0) is 23.1 Å². The highest BCUT2D eigenvalue weighted by Crippen LogP contribution is 2.37. The molecule has 1 heterocycles. The molecule has 1 amide bonds. The summed E-state index contributed by atoms with van der Waals surface area (Å²) in [5.41, 5.74) is 3.67. The Morgan fingerprint density at radius 3 is 1.67 bits per heavy atom. The molecule has 136 valence electrons. The summed E-state index contributed by atoms with van der Waals surface area (Å²) in [7, 11) is 0. The van der Waals surface area contributed by atoms with Crippen LogP contribution >= 0.6 is 0 Å². The topological polar surface area (TPSA) is 29.5 Å². The predicted octanol–water partition coefficient (Wildman–Crippen LogP) is 5.40. The number of hydrogen-bond donors (Lipinski definition) is 0. The first-order chi connectivity index (χ1) is 13.3. The SMILES string of the molecule is O=C1OCCN1[C@@H](CC(c1ccccc1)c1ccccc1)c1ccccc1. The van der Waals surface area contributed by atoms with Crippen molar-refractivity contribution in [2.75, 3.05) is 13.2 Å². The van der Waals surface area contributed by atoms with Gasteiger partial charge < -0.3 is 4.74 Å². The fourth-order valence-electron chi connectivity index (χ4n) is 3.87. The number of carbonyl (C=O) groups is 1. The zero-order chi connectivity index (χ0) is 18.5. The van der Waals surface area contributed by atoms with Crippen LogP contribution in [0.1, 0.15) is 35.1 Å². The second-order valence-electron chi connectivity index (χ2n) is 6.84. The summed E-state index contributed by atoms with van der Waals surface area (Å²) in [5, 5.41) is 0. The van der Waals surface area contributed by atoms with Crippen molar-refractivity contribution < 1.29 is 9.53 Å². The molecule has 1 aliphatic rings. The van der Waals surface area contributed by atoms with Crippen LogP contribution in [0.5, 0.6) is 0 Å². The summed E-state index contributed by atoms with van der Waals surface area (Å²) >= 11 is 0. The van der Waals surface area contributed by atoms with Crippen LogP contribution in [0.2, 0.25) is 0 Å². The van der Waals surface area contributed by atoms with Crippen molar-refractivity contribution in [3.05, 3.63) is 108 Å². The maximum absolute atomic E-state index is 12.3. The van der Waals surface area contributed by atoms with Gasteiger partial charge in [0.05, 0.1) is 12.6 Å². The van der Waals surface area contributed by atoms with Crippen LogP contribution in [0.25, 0.3) is 0 Å². The van der Waals surface area contributed by atoms with Crippen LogP contribution in [0.4, 0.5) is 4.79 Å². The average molecular weight is 357 g/mol. The summed E-state index contributed by atoms with van der Waals surface area (Å²) in [6.07, 6.45) is 0.594. The first-order valence-electron chi connectivity index (χ1n) is 9.41. The summed E-state index contributed by atoms with van der Waals surface area (Å²) in [6.45, 7) is 1.10. The molecule has 3 heteroatoms. The number of benzene rings is 3. The number of hydrogen-bond acceptors (Lipinski definition) is 2. The van der Waals surface area contributed by atoms with E-state index >= 15 is 0 Å². The zero-order valence-electron chi connectivity index (χ0n) is 15.2. The molecule has 0 aliphatic carbocycles. The maximum atomic E-state index is 12.3. The van der Waals surface area contributed by atoms with Gasteiger partial charge in [-0.2, -0.15) is 0 Å². The molecule has 0 spiro atoms. The third kappa shape index (κ3) is 3.87. The number of rotatable bonds is 6. The van der Waals surface area contributed by atoms with Crippen molar-refractivity contribution in [3.63, 3.8) is 0 Å². The van der Waals surface area contributed by atoms with E-state index in [4.69, 9.17) is 4.74 Å². The summed E-state index contributed by atoms with van der Waals surface area (Å²) < 4.78 is 5.25. The lowest BCUT2D eigenvalue weighted by atomic mass is 9.83. The first-order valence-corrected chi connectivity index (χ1v) is 9.41. The summed E-state index contributed by atoms with van der Waals surface area (Å²) in [6, 6.07) is 31.3. The van der Waals surface area contributed by atoms with Crippen LogP contribution in [0.15, 0.2) is 91.0 Å². The van der Waals surface area contributed by atoms with E-state index in [1.165, 1.54) is 11.1 Å². The normalized spacial score (nSPS) is 15.0. The molecule has 1 fully saturated rings. The molecule has 3 aromatic rings. The fraction of sp³-hybridized carbons (Fsp3) is 0.208. The van der Waals surface area contributed by atoms with Crippen LogP contribution in [-0.2, 0) is 4.74 Å². The smallest absolute Gasteiger partial charge is 0.410 e. The molecule has 1 aliphatic heterocycles. The van der Waals surface area contributed by atoms with E-state index in [0.717, 1.165) is 12.0 Å². The van der Waals surface area contributed by atoms with Gasteiger partial charge in [-0.15, -0.1) is 0 Å². The Hall–Kier alpha value is -3.07. The van der Waals surface area contributed by atoms with Gasteiger partial charge in [-0.25, -0.2) is 4.79 Å². The largest absolute Gasteiger partial charge is 0.448 e. The van der Waals surface area contributed by atoms with E-state index in [9.17, 15) is 4.79 Å².